The minimum absolute atomic E-state index is 0.145. The summed E-state index contributed by atoms with van der Waals surface area (Å²) in [6.07, 6.45) is -0.470. The molecule has 142 valence electrons. The van der Waals surface area contributed by atoms with E-state index in [-0.39, 0.29) is 18.4 Å². The Bertz CT molecular complexity index is 767. The van der Waals surface area contributed by atoms with Crippen LogP contribution in [-0.2, 0) is 11.3 Å². The van der Waals surface area contributed by atoms with Crippen LogP contribution in [0.15, 0.2) is 30.3 Å². The van der Waals surface area contributed by atoms with Crippen LogP contribution in [0.25, 0.3) is 10.4 Å². The zero-order valence-corrected chi connectivity index (χ0v) is 17.0. The van der Waals surface area contributed by atoms with Gasteiger partial charge in [0.15, 0.2) is 0 Å². The predicted molar refractivity (Wildman–Crippen MR) is 105 cm³/mol. The molecule has 4 nitrogen and oxygen atoms in total. The van der Waals surface area contributed by atoms with Crippen molar-refractivity contribution in [3.8, 4) is 10.4 Å². The third-order valence-electron chi connectivity index (χ3n) is 3.97. The average Bonchev–Trinajstić information content (AvgIpc) is 3.04. The first-order chi connectivity index (χ1) is 12.1. The van der Waals surface area contributed by atoms with E-state index in [1.54, 1.807) is 24.5 Å². The smallest absolute Gasteiger partial charge is 0.410 e. The van der Waals surface area contributed by atoms with Gasteiger partial charge in [-0.3, -0.25) is 0 Å². The summed E-state index contributed by atoms with van der Waals surface area (Å²) in [4.78, 5) is 15.8. The lowest BCUT2D eigenvalue weighted by Gasteiger charge is -2.25. The number of amides is 1. The minimum atomic E-state index is -0.588. The van der Waals surface area contributed by atoms with E-state index in [9.17, 15) is 9.18 Å². The predicted octanol–water partition coefficient (Wildman–Crippen LogP) is 5.20. The largest absolute Gasteiger partial charge is 0.444 e. The van der Waals surface area contributed by atoms with Crippen molar-refractivity contribution in [1.82, 2.24) is 10.2 Å². The molecule has 0 spiro atoms. The van der Waals surface area contributed by atoms with Gasteiger partial charge in [-0.1, -0.05) is 12.1 Å². The molecule has 1 aromatic heterocycles. The van der Waals surface area contributed by atoms with Gasteiger partial charge in [-0.15, -0.1) is 11.3 Å². The Balaban J connectivity index is 2.30. The number of halogens is 1. The van der Waals surface area contributed by atoms with Crippen LogP contribution in [0.4, 0.5) is 9.18 Å². The molecule has 2 rings (SSSR count). The van der Waals surface area contributed by atoms with Gasteiger partial charge in [0.25, 0.3) is 0 Å². The maximum Gasteiger partial charge on any atom is 0.410 e. The minimum Gasteiger partial charge on any atom is -0.444 e. The summed E-state index contributed by atoms with van der Waals surface area (Å²) in [5, 5.41) is 3.21. The topological polar surface area (TPSA) is 41.6 Å². The molecule has 0 saturated heterocycles. The van der Waals surface area contributed by atoms with Gasteiger partial charge in [-0.2, -0.15) is 0 Å². The van der Waals surface area contributed by atoms with Gasteiger partial charge >= 0.3 is 6.09 Å². The van der Waals surface area contributed by atoms with Gasteiger partial charge in [0, 0.05) is 28.4 Å². The van der Waals surface area contributed by atoms with Crippen LogP contribution in [0.2, 0.25) is 0 Å². The van der Waals surface area contributed by atoms with Crippen LogP contribution < -0.4 is 5.32 Å². The molecule has 0 saturated carbocycles. The summed E-state index contributed by atoms with van der Waals surface area (Å²) in [5.41, 5.74) is 0.710. The highest BCUT2D eigenvalue weighted by atomic mass is 32.1. The van der Waals surface area contributed by atoms with E-state index in [1.165, 1.54) is 15.8 Å². The normalized spacial score (nSPS) is 12.7. The molecule has 0 aliphatic rings. The molecule has 1 amide bonds. The van der Waals surface area contributed by atoms with Crippen LogP contribution >= 0.6 is 11.3 Å². The van der Waals surface area contributed by atoms with Crippen molar-refractivity contribution in [3.05, 3.63) is 46.6 Å². The summed E-state index contributed by atoms with van der Waals surface area (Å²) >= 11 is 1.62. The summed E-state index contributed by atoms with van der Waals surface area (Å²) in [7, 11) is 3.53. The monoisotopic (exact) mass is 378 g/mol. The van der Waals surface area contributed by atoms with Gasteiger partial charge in [0.2, 0.25) is 0 Å². The molecule has 1 N–H and O–H groups in total. The van der Waals surface area contributed by atoms with Crippen LogP contribution in [0.5, 0.6) is 0 Å². The zero-order chi connectivity index (χ0) is 19.5. The number of ether oxygens (including phenoxy) is 1. The van der Waals surface area contributed by atoms with Gasteiger partial charge in [-0.25, -0.2) is 9.18 Å². The average molecular weight is 379 g/mol. The molecule has 1 atom stereocenters. The third-order valence-corrected chi connectivity index (χ3v) is 5.27. The first kappa shape index (κ1) is 20.4. The van der Waals surface area contributed by atoms with Gasteiger partial charge in [0.05, 0.1) is 6.54 Å². The van der Waals surface area contributed by atoms with E-state index in [4.69, 9.17) is 4.74 Å². The fourth-order valence-electron chi connectivity index (χ4n) is 2.46. The number of thiophene rings is 1. The number of nitrogens with one attached hydrogen (secondary N) is 1. The fraction of sp³-hybridized carbons (Fsp3) is 0.450. The van der Waals surface area contributed by atoms with E-state index >= 15 is 0 Å². The maximum absolute atomic E-state index is 14.5. The molecule has 0 bridgehead atoms. The van der Waals surface area contributed by atoms with Gasteiger partial charge in [-0.05, 0) is 58.5 Å². The molecular weight excluding hydrogens is 351 g/mol. The van der Waals surface area contributed by atoms with Crippen molar-refractivity contribution in [2.24, 2.45) is 0 Å². The first-order valence-corrected chi connectivity index (χ1v) is 9.43. The summed E-state index contributed by atoms with van der Waals surface area (Å²) < 4.78 is 19.9. The van der Waals surface area contributed by atoms with E-state index in [0.29, 0.717) is 5.56 Å². The molecule has 6 heteroatoms. The van der Waals surface area contributed by atoms with Crippen molar-refractivity contribution >= 4 is 17.4 Å². The fourth-order valence-corrected chi connectivity index (χ4v) is 3.59. The Hall–Kier alpha value is -1.92. The molecule has 2 aromatic rings. The molecule has 0 aliphatic carbocycles. The number of carbonyl (C=O) groups excluding carboxylic acids is 1. The van der Waals surface area contributed by atoms with Crippen molar-refractivity contribution < 1.29 is 13.9 Å². The van der Waals surface area contributed by atoms with E-state index in [2.05, 4.69) is 12.2 Å². The first-order valence-electron chi connectivity index (χ1n) is 8.61. The molecule has 0 fully saturated rings. The number of nitrogens with zero attached hydrogens (tertiary/aromatic N) is 1. The molecular formula is C20H27FN2O2S. The molecule has 0 aliphatic heterocycles. The van der Waals surface area contributed by atoms with E-state index in [0.717, 1.165) is 10.4 Å². The van der Waals surface area contributed by atoms with Crippen LogP contribution in [-0.4, -0.2) is 30.7 Å². The standard InChI is InChI=1S/C20H27FN2O2S/c1-13(22-5)17-10-11-18(26-17)14-8-7-9-16(21)15(14)12-23(6)19(24)25-20(2,3)4/h7-11,13,22H,12H2,1-6H3/t13-/m1/s1. The Morgan fingerprint density at radius 3 is 2.62 bits per heavy atom. The second-order valence-corrected chi connectivity index (χ2v) is 8.43. The van der Waals surface area contributed by atoms with Crippen LogP contribution in [0.3, 0.4) is 0 Å². The maximum atomic E-state index is 14.5. The molecule has 0 radical (unpaired) electrons. The van der Waals surface area contributed by atoms with Crippen molar-refractivity contribution in [3.63, 3.8) is 0 Å². The number of benzene rings is 1. The SMILES string of the molecule is CN[C@H](C)c1ccc(-c2cccc(F)c2CN(C)C(=O)OC(C)(C)C)s1. The van der Waals surface area contributed by atoms with Gasteiger partial charge < -0.3 is 15.0 Å². The Morgan fingerprint density at radius 1 is 1.31 bits per heavy atom. The van der Waals surface area contributed by atoms with Gasteiger partial charge in [0.1, 0.15) is 11.4 Å². The van der Waals surface area contributed by atoms with Crippen molar-refractivity contribution in [2.45, 2.75) is 45.9 Å². The van der Waals surface area contributed by atoms with Crippen molar-refractivity contribution in [2.75, 3.05) is 14.1 Å². The number of hydrogen-bond acceptors (Lipinski definition) is 4. The highest BCUT2D eigenvalue weighted by Gasteiger charge is 2.22. The highest BCUT2D eigenvalue weighted by molar-refractivity contribution is 7.15. The zero-order valence-electron chi connectivity index (χ0n) is 16.2. The summed E-state index contributed by atoms with van der Waals surface area (Å²) in [5.74, 6) is -0.325. The lowest BCUT2D eigenvalue weighted by atomic mass is 10.0. The quantitative estimate of drug-likeness (QED) is 0.777. The second-order valence-electron chi connectivity index (χ2n) is 7.31. The van der Waals surface area contributed by atoms with Crippen LogP contribution in [0.1, 0.15) is 44.2 Å². The van der Waals surface area contributed by atoms with Crippen LogP contribution in [0, 0.1) is 5.82 Å². The number of hydrogen-bond donors (Lipinski definition) is 1. The Kier molecular flexibility index (Phi) is 6.42. The summed E-state index contributed by atoms with van der Waals surface area (Å²) in [6.45, 7) is 7.65. The Labute approximate surface area is 159 Å². The third kappa shape index (κ3) is 5.05. The lowest BCUT2D eigenvalue weighted by molar-refractivity contribution is 0.0284. The number of rotatable bonds is 5. The molecule has 0 unspecified atom stereocenters. The number of carbonyl (C=O) groups is 1. The molecule has 1 aromatic carbocycles. The molecule has 1 heterocycles. The van der Waals surface area contributed by atoms with E-state index in [1.807, 2.05) is 46.0 Å². The summed E-state index contributed by atoms with van der Waals surface area (Å²) in [6, 6.07) is 9.29. The second kappa shape index (κ2) is 8.18. The van der Waals surface area contributed by atoms with Crippen molar-refractivity contribution in [1.29, 1.82) is 0 Å². The lowest BCUT2D eigenvalue weighted by Crippen LogP contribution is -2.34. The molecule has 26 heavy (non-hydrogen) atoms. The highest BCUT2D eigenvalue weighted by Crippen LogP contribution is 2.34. The Morgan fingerprint density at radius 2 is 2.00 bits per heavy atom. The van der Waals surface area contributed by atoms with E-state index < -0.39 is 11.7 Å².